The second-order valence-electron chi connectivity index (χ2n) is 7.13. The van der Waals surface area contributed by atoms with Crippen molar-refractivity contribution >= 4 is 34.7 Å². The molecule has 1 aromatic heterocycles. The first-order valence-electron chi connectivity index (χ1n) is 8.96. The van der Waals surface area contributed by atoms with Gasteiger partial charge in [-0.05, 0) is 49.2 Å². The SMILES string of the molecule is C[C@@H]1C[C@@](O)(c2ccc(Sc3ccc4c(c3)CCC(=O)N4C)s2)CCO1. The minimum absolute atomic E-state index is 0.0901. The van der Waals surface area contributed by atoms with Crippen LogP contribution in [0.5, 0.6) is 0 Å². The van der Waals surface area contributed by atoms with Crippen LogP contribution in [0.3, 0.4) is 0 Å². The second-order valence-corrected chi connectivity index (χ2v) is 9.59. The van der Waals surface area contributed by atoms with Crippen LogP contribution in [0.2, 0.25) is 0 Å². The number of carbonyl (C=O) groups excluding carboxylic acids is 1. The van der Waals surface area contributed by atoms with Gasteiger partial charge in [-0.25, -0.2) is 0 Å². The highest BCUT2D eigenvalue weighted by molar-refractivity contribution is 8.01. The first-order chi connectivity index (χ1) is 12.4. The number of fused-ring (bicyclic) bond motifs is 1. The Morgan fingerprint density at radius 3 is 2.96 bits per heavy atom. The van der Waals surface area contributed by atoms with E-state index >= 15 is 0 Å². The molecule has 0 unspecified atom stereocenters. The molecule has 2 aliphatic rings. The lowest BCUT2D eigenvalue weighted by molar-refractivity contribution is -0.118. The van der Waals surface area contributed by atoms with E-state index in [1.807, 2.05) is 20.0 Å². The van der Waals surface area contributed by atoms with Crippen LogP contribution in [0.1, 0.15) is 36.6 Å². The van der Waals surface area contributed by atoms with Gasteiger partial charge in [0, 0.05) is 41.8 Å². The zero-order valence-corrected chi connectivity index (χ0v) is 16.7. The number of hydrogen-bond donors (Lipinski definition) is 1. The standard InChI is InChI=1S/C20H23NO3S2/c1-13-12-20(23,9-10-24-13)17-6-8-19(26-17)25-15-4-5-16-14(11-15)3-7-18(22)21(16)2/h4-6,8,11,13,23H,3,7,9-10,12H2,1-2H3/t13-,20-/m1/s1. The number of aryl methyl sites for hydroxylation is 1. The van der Waals surface area contributed by atoms with E-state index < -0.39 is 5.60 Å². The van der Waals surface area contributed by atoms with Crippen molar-refractivity contribution in [3.05, 3.63) is 40.8 Å². The summed E-state index contributed by atoms with van der Waals surface area (Å²) < 4.78 is 6.75. The van der Waals surface area contributed by atoms with Gasteiger partial charge in [-0.2, -0.15) is 0 Å². The highest BCUT2D eigenvalue weighted by atomic mass is 32.2. The molecule has 2 atom stereocenters. The molecule has 1 aromatic carbocycles. The third-order valence-corrected chi connectivity index (χ3v) is 7.60. The number of hydrogen-bond acceptors (Lipinski definition) is 5. The second kappa shape index (κ2) is 7.00. The Bertz CT molecular complexity index is 834. The summed E-state index contributed by atoms with van der Waals surface area (Å²) in [5, 5.41) is 11.0. The summed E-state index contributed by atoms with van der Waals surface area (Å²) >= 11 is 3.39. The molecule has 138 valence electrons. The summed E-state index contributed by atoms with van der Waals surface area (Å²) in [5.41, 5.74) is 1.48. The summed E-state index contributed by atoms with van der Waals surface area (Å²) in [6.07, 6.45) is 2.78. The molecular formula is C20H23NO3S2. The number of nitrogens with zero attached hydrogens (tertiary/aromatic N) is 1. The zero-order chi connectivity index (χ0) is 18.3. The summed E-state index contributed by atoms with van der Waals surface area (Å²) in [7, 11) is 1.84. The van der Waals surface area contributed by atoms with Crippen molar-refractivity contribution in [2.24, 2.45) is 0 Å². The number of aliphatic hydroxyl groups is 1. The van der Waals surface area contributed by atoms with E-state index in [0.29, 0.717) is 25.9 Å². The van der Waals surface area contributed by atoms with Crippen molar-refractivity contribution < 1.29 is 14.6 Å². The molecule has 6 heteroatoms. The molecule has 1 fully saturated rings. The molecule has 0 bridgehead atoms. The molecule has 2 aromatic rings. The van der Waals surface area contributed by atoms with Gasteiger partial charge < -0.3 is 14.7 Å². The van der Waals surface area contributed by atoms with E-state index in [-0.39, 0.29) is 12.0 Å². The monoisotopic (exact) mass is 389 g/mol. The third kappa shape index (κ3) is 3.43. The minimum atomic E-state index is -0.764. The molecular weight excluding hydrogens is 366 g/mol. The molecule has 1 amide bonds. The Labute approximate surface area is 162 Å². The predicted molar refractivity (Wildman–Crippen MR) is 105 cm³/mol. The van der Waals surface area contributed by atoms with Crippen LogP contribution in [0.15, 0.2) is 39.4 Å². The zero-order valence-electron chi connectivity index (χ0n) is 15.0. The maximum Gasteiger partial charge on any atom is 0.227 e. The molecule has 0 saturated carbocycles. The van der Waals surface area contributed by atoms with E-state index in [0.717, 1.165) is 17.0 Å². The van der Waals surface area contributed by atoms with E-state index in [1.54, 1.807) is 28.0 Å². The van der Waals surface area contributed by atoms with Crippen LogP contribution in [-0.2, 0) is 21.6 Å². The largest absolute Gasteiger partial charge is 0.384 e. The van der Waals surface area contributed by atoms with E-state index in [9.17, 15) is 9.90 Å². The van der Waals surface area contributed by atoms with Gasteiger partial charge in [-0.15, -0.1) is 11.3 Å². The highest BCUT2D eigenvalue weighted by Gasteiger charge is 2.36. The lowest BCUT2D eigenvalue weighted by Crippen LogP contribution is -2.36. The van der Waals surface area contributed by atoms with Gasteiger partial charge in [-0.1, -0.05) is 11.8 Å². The summed E-state index contributed by atoms with van der Waals surface area (Å²) in [6.45, 7) is 2.62. The van der Waals surface area contributed by atoms with Crippen molar-refractivity contribution in [3.8, 4) is 0 Å². The number of rotatable bonds is 3. The Balaban J connectivity index is 1.52. The quantitative estimate of drug-likeness (QED) is 0.855. The first kappa shape index (κ1) is 18.0. The smallest absolute Gasteiger partial charge is 0.227 e. The number of carbonyl (C=O) groups is 1. The maximum absolute atomic E-state index is 11.8. The fourth-order valence-corrected chi connectivity index (χ4v) is 6.02. The fraction of sp³-hybridized carbons (Fsp3) is 0.450. The van der Waals surface area contributed by atoms with Gasteiger partial charge >= 0.3 is 0 Å². The molecule has 4 rings (SSSR count). The molecule has 4 nitrogen and oxygen atoms in total. The highest BCUT2D eigenvalue weighted by Crippen LogP contribution is 2.43. The molecule has 0 radical (unpaired) electrons. The minimum Gasteiger partial charge on any atom is -0.384 e. The van der Waals surface area contributed by atoms with Crippen molar-refractivity contribution in [1.29, 1.82) is 0 Å². The summed E-state index contributed by atoms with van der Waals surface area (Å²) in [5.74, 6) is 0.180. The number of ether oxygens (including phenoxy) is 1. The molecule has 26 heavy (non-hydrogen) atoms. The third-order valence-electron chi connectivity index (χ3n) is 5.20. The van der Waals surface area contributed by atoms with E-state index in [1.165, 1.54) is 14.7 Å². The fourth-order valence-electron chi connectivity index (χ4n) is 3.73. The van der Waals surface area contributed by atoms with Crippen molar-refractivity contribution in [1.82, 2.24) is 0 Å². The normalized spacial score (nSPS) is 26.0. The van der Waals surface area contributed by atoms with Crippen LogP contribution in [0, 0.1) is 0 Å². The average Bonchev–Trinajstić information content (AvgIpc) is 3.07. The number of benzene rings is 1. The number of anilines is 1. The van der Waals surface area contributed by atoms with E-state index in [4.69, 9.17) is 4.74 Å². The Morgan fingerprint density at radius 2 is 2.15 bits per heavy atom. The first-order valence-corrected chi connectivity index (χ1v) is 10.6. The van der Waals surface area contributed by atoms with Gasteiger partial charge in [0.1, 0.15) is 5.60 Å². The Kier molecular flexibility index (Phi) is 4.86. The Morgan fingerprint density at radius 1 is 1.31 bits per heavy atom. The number of amides is 1. The molecule has 1 saturated heterocycles. The van der Waals surface area contributed by atoms with E-state index in [2.05, 4.69) is 24.3 Å². The molecule has 3 heterocycles. The lowest BCUT2D eigenvalue weighted by Gasteiger charge is -2.34. The van der Waals surface area contributed by atoms with Crippen LogP contribution in [-0.4, -0.2) is 30.8 Å². The van der Waals surface area contributed by atoms with Crippen LogP contribution >= 0.6 is 23.1 Å². The summed E-state index contributed by atoms with van der Waals surface area (Å²) in [4.78, 5) is 15.8. The molecule has 0 spiro atoms. The Hall–Kier alpha value is -1.34. The number of thiophene rings is 1. The van der Waals surface area contributed by atoms with Gasteiger partial charge in [0.2, 0.25) is 5.91 Å². The average molecular weight is 390 g/mol. The van der Waals surface area contributed by atoms with Crippen LogP contribution in [0.25, 0.3) is 0 Å². The van der Waals surface area contributed by atoms with Gasteiger partial charge in [0.25, 0.3) is 0 Å². The molecule has 2 aliphatic heterocycles. The van der Waals surface area contributed by atoms with Crippen molar-refractivity contribution in [2.75, 3.05) is 18.6 Å². The molecule has 0 aliphatic carbocycles. The maximum atomic E-state index is 11.8. The van der Waals surface area contributed by atoms with Gasteiger partial charge in [0.15, 0.2) is 0 Å². The van der Waals surface area contributed by atoms with Gasteiger partial charge in [-0.3, -0.25) is 4.79 Å². The van der Waals surface area contributed by atoms with Gasteiger partial charge in [0.05, 0.1) is 16.9 Å². The van der Waals surface area contributed by atoms with Crippen LogP contribution < -0.4 is 4.90 Å². The lowest BCUT2D eigenvalue weighted by atomic mass is 9.89. The van der Waals surface area contributed by atoms with Crippen molar-refractivity contribution in [3.63, 3.8) is 0 Å². The topological polar surface area (TPSA) is 49.8 Å². The van der Waals surface area contributed by atoms with Crippen molar-refractivity contribution in [2.45, 2.75) is 53.4 Å². The van der Waals surface area contributed by atoms with Crippen LogP contribution in [0.4, 0.5) is 5.69 Å². The molecule has 1 N–H and O–H groups in total. The summed E-state index contributed by atoms with van der Waals surface area (Å²) in [6, 6.07) is 10.4. The predicted octanol–water partition coefficient (Wildman–Crippen LogP) is 4.19.